The molecule has 6 heteroatoms. The van der Waals surface area contributed by atoms with E-state index in [9.17, 15) is 18.0 Å². The van der Waals surface area contributed by atoms with E-state index < -0.39 is 17.6 Å². The van der Waals surface area contributed by atoms with Crippen molar-refractivity contribution in [3.63, 3.8) is 0 Å². The molecule has 1 aromatic carbocycles. The topological polar surface area (TPSA) is 32.3 Å². The van der Waals surface area contributed by atoms with E-state index in [1.165, 1.54) is 0 Å². The zero-order valence-corrected chi connectivity index (χ0v) is 12.1. The number of alkyl halides is 3. The van der Waals surface area contributed by atoms with Crippen LogP contribution in [0.25, 0.3) is 0 Å². The van der Waals surface area contributed by atoms with Gasteiger partial charge in [0.25, 0.3) is 0 Å². The van der Waals surface area contributed by atoms with E-state index >= 15 is 0 Å². The molecule has 1 aliphatic heterocycles. The van der Waals surface area contributed by atoms with Gasteiger partial charge in [-0.15, -0.1) is 0 Å². The highest BCUT2D eigenvalue weighted by Crippen LogP contribution is 2.32. The number of amides is 1. The van der Waals surface area contributed by atoms with Crippen molar-refractivity contribution < 1.29 is 18.0 Å². The minimum absolute atomic E-state index is 0.0603. The minimum Gasteiger partial charge on any atom is -0.288 e. The van der Waals surface area contributed by atoms with Crippen LogP contribution in [-0.2, 0) is 11.2 Å². The standard InChI is InChI=1S/C15H19F3N2O/c1-14(2)10-20(19-13(14)21)12(15(16,17)18)9-8-11-6-4-3-5-7-11/h3-7,12H,8-10H2,1-2H3,(H,19,21)/t12-/m0/s1. The third-order valence-electron chi connectivity index (χ3n) is 3.73. The van der Waals surface area contributed by atoms with Crippen LogP contribution in [0.15, 0.2) is 30.3 Å². The second-order valence-electron chi connectivity index (χ2n) is 6.03. The van der Waals surface area contributed by atoms with E-state index in [-0.39, 0.29) is 18.9 Å². The maximum Gasteiger partial charge on any atom is 0.405 e. The zero-order chi connectivity index (χ0) is 15.7. The summed E-state index contributed by atoms with van der Waals surface area (Å²) in [5, 5.41) is 1.03. The highest BCUT2D eigenvalue weighted by molar-refractivity contribution is 5.83. The smallest absolute Gasteiger partial charge is 0.288 e. The summed E-state index contributed by atoms with van der Waals surface area (Å²) in [6.45, 7) is 3.35. The van der Waals surface area contributed by atoms with Gasteiger partial charge in [0.2, 0.25) is 5.91 Å². The number of rotatable bonds is 4. The number of halogens is 3. The molecular weight excluding hydrogens is 281 g/mol. The van der Waals surface area contributed by atoms with Gasteiger partial charge in [-0.25, -0.2) is 5.01 Å². The number of hydrogen-bond donors (Lipinski definition) is 1. The van der Waals surface area contributed by atoms with Crippen LogP contribution < -0.4 is 5.43 Å². The van der Waals surface area contributed by atoms with E-state index in [0.717, 1.165) is 10.6 Å². The molecule has 2 rings (SSSR count). The quantitative estimate of drug-likeness (QED) is 0.927. The van der Waals surface area contributed by atoms with Crippen LogP contribution in [0.2, 0.25) is 0 Å². The molecule has 0 aromatic heterocycles. The molecule has 1 aromatic rings. The number of hydrogen-bond acceptors (Lipinski definition) is 2. The van der Waals surface area contributed by atoms with Crippen molar-refractivity contribution in [3.8, 4) is 0 Å². The molecule has 0 bridgehead atoms. The first-order valence-corrected chi connectivity index (χ1v) is 6.88. The first-order chi connectivity index (χ1) is 9.70. The highest BCUT2D eigenvalue weighted by atomic mass is 19.4. The Bertz CT molecular complexity index is 499. The van der Waals surface area contributed by atoms with Crippen molar-refractivity contribution >= 4 is 5.91 Å². The number of aryl methyl sites for hydroxylation is 1. The van der Waals surface area contributed by atoms with Crippen molar-refractivity contribution in [1.29, 1.82) is 0 Å². The summed E-state index contributed by atoms with van der Waals surface area (Å²) in [7, 11) is 0. The van der Waals surface area contributed by atoms with Crippen molar-refractivity contribution in [3.05, 3.63) is 35.9 Å². The summed E-state index contributed by atoms with van der Waals surface area (Å²) in [4.78, 5) is 11.7. The number of carbonyl (C=O) groups excluding carboxylic acids is 1. The van der Waals surface area contributed by atoms with Crippen molar-refractivity contribution in [2.45, 2.75) is 38.9 Å². The molecule has 1 aliphatic rings. The van der Waals surface area contributed by atoms with Gasteiger partial charge in [-0.3, -0.25) is 10.2 Å². The molecule has 1 atom stereocenters. The lowest BCUT2D eigenvalue weighted by Gasteiger charge is -2.29. The van der Waals surface area contributed by atoms with Gasteiger partial charge in [-0.05, 0) is 32.3 Å². The molecule has 21 heavy (non-hydrogen) atoms. The molecule has 116 valence electrons. The van der Waals surface area contributed by atoms with Crippen LogP contribution >= 0.6 is 0 Å². The molecule has 1 heterocycles. The second kappa shape index (κ2) is 5.67. The number of nitrogens with zero attached hydrogens (tertiary/aromatic N) is 1. The van der Waals surface area contributed by atoms with Gasteiger partial charge in [0.05, 0.1) is 5.41 Å². The van der Waals surface area contributed by atoms with Gasteiger partial charge in [0.1, 0.15) is 6.04 Å². The van der Waals surface area contributed by atoms with Crippen LogP contribution in [0.3, 0.4) is 0 Å². The highest BCUT2D eigenvalue weighted by Gasteiger charge is 2.49. The first kappa shape index (κ1) is 15.8. The Balaban J connectivity index is 2.08. The van der Waals surface area contributed by atoms with Gasteiger partial charge in [0.15, 0.2) is 0 Å². The molecule has 1 saturated heterocycles. The molecule has 0 unspecified atom stereocenters. The molecule has 1 fully saturated rings. The molecule has 3 nitrogen and oxygen atoms in total. The summed E-state index contributed by atoms with van der Waals surface area (Å²) in [6, 6.07) is 7.38. The number of benzene rings is 1. The Labute approximate surface area is 122 Å². The fourth-order valence-corrected chi connectivity index (χ4v) is 2.45. The van der Waals surface area contributed by atoms with Gasteiger partial charge in [-0.2, -0.15) is 13.2 Å². The van der Waals surface area contributed by atoms with Crippen LogP contribution in [0, 0.1) is 5.41 Å². The van der Waals surface area contributed by atoms with E-state index in [1.54, 1.807) is 38.1 Å². The summed E-state index contributed by atoms with van der Waals surface area (Å²) < 4.78 is 39.8. The Hall–Kier alpha value is -1.56. The maximum atomic E-state index is 13.3. The van der Waals surface area contributed by atoms with Crippen LogP contribution in [0.5, 0.6) is 0 Å². The van der Waals surface area contributed by atoms with Gasteiger partial charge in [-0.1, -0.05) is 30.3 Å². The maximum absolute atomic E-state index is 13.3. The Kier molecular flexibility index (Phi) is 4.27. The van der Waals surface area contributed by atoms with Crippen LogP contribution in [-0.4, -0.2) is 29.7 Å². The normalized spacial score (nSPS) is 20.3. The molecule has 1 amide bonds. The zero-order valence-electron chi connectivity index (χ0n) is 12.1. The fourth-order valence-electron chi connectivity index (χ4n) is 2.45. The molecule has 0 spiro atoms. The molecule has 0 saturated carbocycles. The predicted octanol–water partition coefficient (Wildman–Crippen LogP) is 2.92. The monoisotopic (exact) mass is 300 g/mol. The predicted molar refractivity (Wildman–Crippen MR) is 73.2 cm³/mol. The van der Waals surface area contributed by atoms with Crippen molar-refractivity contribution in [1.82, 2.24) is 10.4 Å². The summed E-state index contributed by atoms with van der Waals surface area (Å²) in [5.74, 6) is -0.364. The second-order valence-corrected chi connectivity index (χ2v) is 6.03. The van der Waals surface area contributed by atoms with E-state index in [0.29, 0.717) is 6.42 Å². The SMILES string of the molecule is CC1(C)CN([C@@H](CCc2ccccc2)C(F)(F)F)NC1=O. The van der Waals surface area contributed by atoms with E-state index in [4.69, 9.17) is 0 Å². The fraction of sp³-hybridized carbons (Fsp3) is 0.533. The molecule has 0 radical (unpaired) electrons. The van der Waals surface area contributed by atoms with E-state index in [2.05, 4.69) is 5.43 Å². The third kappa shape index (κ3) is 3.75. The summed E-state index contributed by atoms with van der Waals surface area (Å²) in [6.07, 6.45) is -4.13. The first-order valence-electron chi connectivity index (χ1n) is 6.88. The third-order valence-corrected chi connectivity index (χ3v) is 3.73. The van der Waals surface area contributed by atoms with Crippen LogP contribution in [0.1, 0.15) is 25.8 Å². The Morgan fingerprint density at radius 1 is 1.29 bits per heavy atom. The lowest BCUT2D eigenvalue weighted by Crippen LogP contribution is -2.50. The minimum atomic E-state index is -4.37. The van der Waals surface area contributed by atoms with Gasteiger partial charge < -0.3 is 0 Å². The number of nitrogens with one attached hydrogen (secondary N) is 1. The van der Waals surface area contributed by atoms with Gasteiger partial charge >= 0.3 is 6.18 Å². The van der Waals surface area contributed by atoms with Crippen molar-refractivity contribution in [2.75, 3.05) is 6.54 Å². The lowest BCUT2D eigenvalue weighted by atomic mass is 9.94. The Morgan fingerprint density at radius 3 is 2.38 bits per heavy atom. The van der Waals surface area contributed by atoms with E-state index in [1.807, 2.05) is 6.07 Å². The average molecular weight is 300 g/mol. The average Bonchev–Trinajstić information content (AvgIpc) is 2.63. The number of hydrazine groups is 1. The number of carbonyl (C=O) groups is 1. The molecule has 1 N–H and O–H groups in total. The van der Waals surface area contributed by atoms with Crippen LogP contribution in [0.4, 0.5) is 13.2 Å². The summed E-state index contributed by atoms with van der Waals surface area (Å²) >= 11 is 0. The Morgan fingerprint density at radius 2 is 1.90 bits per heavy atom. The van der Waals surface area contributed by atoms with Crippen molar-refractivity contribution in [2.24, 2.45) is 5.41 Å². The summed E-state index contributed by atoms with van der Waals surface area (Å²) in [5.41, 5.74) is 2.42. The molecule has 0 aliphatic carbocycles. The lowest BCUT2D eigenvalue weighted by molar-refractivity contribution is -0.190. The van der Waals surface area contributed by atoms with Gasteiger partial charge in [0, 0.05) is 6.54 Å². The molecular formula is C15H19F3N2O. The largest absolute Gasteiger partial charge is 0.405 e.